The summed E-state index contributed by atoms with van der Waals surface area (Å²) in [7, 11) is 0. The lowest BCUT2D eigenvalue weighted by Crippen LogP contribution is -2.36. The fourth-order valence-corrected chi connectivity index (χ4v) is 6.18. The molecular formula is C27H36INO3. The summed E-state index contributed by atoms with van der Waals surface area (Å²) in [6.45, 7) is 9.54. The van der Waals surface area contributed by atoms with Crippen LogP contribution in [-0.2, 0) is 11.3 Å². The summed E-state index contributed by atoms with van der Waals surface area (Å²) in [6.07, 6.45) is 6.44. The van der Waals surface area contributed by atoms with Crippen molar-refractivity contribution in [2.45, 2.75) is 71.9 Å². The van der Waals surface area contributed by atoms with Gasteiger partial charge in [-0.15, -0.1) is 0 Å². The monoisotopic (exact) mass is 549 g/mol. The predicted octanol–water partition coefficient (Wildman–Crippen LogP) is 6.72. The molecule has 1 aliphatic carbocycles. The molecule has 1 saturated carbocycles. The number of likely N-dealkylation sites (tertiary alicyclic amines) is 1. The Kier molecular flexibility index (Phi) is 7.35. The molecule has 0 aromatic heterocycles. The van der Waals surface area contributed by atoms with Crippen LogP contribution < -0.4 is 4.74 Å². The van der Waals surface area contributed by atoms with Crippen LogP contribution in [0.2, 0.25) is 0 Å². The Hall–Kier alpha value is -1.34. The van der Waals surface area contributed by atoms with Gasteiger partial charge in [0.25, 0.3) is 0 Å². The first-order chi connectivity index (χ1) is 15.2. The Labute approximate surface area is 205 Å². The van der Waals surface area contributed by atoms with Crippen molar-refractivity contribution in [3.05, 3.63) is 39.5 Å². The van der Waals surface area contributed by atoms with Crippen LogP contribution >= 0.6 is 22.6 Å². The number of carbonyl (C=O) groups is 1. The molecule has 4 nitrogen and oxygen atoms in total. The molecule has 0 amide bonds. The number of benzene rings is 2. The summed E-state index contributed by atoms with van der Waals surface area (Å²) in [4.78, 5) is 13.8. The van der Waals surface area contributed by atoms with E-state index < -0.39 is 5.97 Å². The highest BCUT2D eigenvalue weighted by Gasteiger charge is 2.31. The number of ether oxygens (including phenoxy) is 1. The van der Waals surface area contributed by atoms with E-state index in [-0.39, 0.29) is 12.0 Å². The van der Waals surface area contributed by atoms with Crippen LogP contribution in [0.1, 0.15) is 64.9 Å². The molecular weight excluding hydrogens is 513 g/mol. The zero-order chi connectivity index (χ0) is 22.9. The molecule has 0 atom stereocenters. The Morgan fingerprint density at radius 2 is 1.69 bits per heavy atom. The SMILES string of the molecule is CC(C)(C)[C@H]1CC[C@H](Oc2cc(I)c3ccccc3c2CN2CCC(C(=O)O)CC2)CC1. The highest BCUT2D eigenvalue weighted by Crippen LogP contribution is 2.40. The van der Waals surface area contributed by atoms with Crippen molar-refractivity contribution in [2.75, 3.05) is 13.1 Å². The molecule has 2 aromatic rings. The molecule has 0 spiro atoms. The molecule has 1 N–H and O–H groups in total. The van der Waals surface area contributed by atoms with Gasteiger partial charge in [-0.25, -0.2) is 0 Å². The first kappa shape index (κ1) is 23.8. The van der Waals surface area contributed by atoms with Crippen LogP contribution in [0, 0.1) is 20.8 Å². The normalized spacial score (nSPS) is 23.4. The molecule has 1 heterocycles. The van der Waals surface area contributed by atoms with Gasteiger partial charge in [0, 0.05) is 15.7 Å². The van der Waals surface area contributed by atoms with Crippen molar-refractivity contribution < 1.29 is 14.6 Å². The van der Waals surface area contributed by atoms with Crippen molar-refractivity contribution >= 4 is 39.3 Å². The number of rotatable bonds is 5. The second-order valence-electron chi connectivity index (χ2n) is 10.7. The lowest BCUT2D eigenvalue weighted by Gasteiger charge is -2.37. The van der Waals surface area contributed by atoms with Gasteiger partial charge in [0.1, 0.15) is 5.75 Å². The second-order valence-corrected chi connectivity index (χ2v) is 11.9. The van der Waals surface area contributed by atoms with Crippen LogP contribution in [0.3, 0.4) is 0 Å². The fourth-order valence-electron chi connectivity index (χ4n) is 5.42. The number of hydrogen-bond donors (Lipinski definition) is 1. The number of carboxylic acids is 1. The quantitative estimate of drug-likeness (QED) is 0.421. The van der Waals surface area contributed by atoms with E-state index in [1.165, 1.54) is 32.7 Å². The zero-order valence-corrected chi connectivity index (χ0v) is 21.7. The molecule has 2 aliphatic rings. The minimum atomic E-state index is -0.653. The van der Waals surface area contributed by atoms with E-state index in [1.807, 2.05) is 0 Å². The third-order valence-corrected chi connectivity index (χ3v) is 8.47. The lowest BCUT2D eigenvalue weighted by molar-refractivity contribution is -0.143. The average Bonchev–Trinajstić information content (AvgIpc) is 2.76. The van der Waals surface area contributed by atoms with Gasteiger partial charge in [0.2, 0.25) is 0 Å². The highest BCUT2D eigenvalue weighted by molar-refractivity contribution is 14.1. The van der Waals surface area contributed by atoms with Gasteiger partial charge in [0.15, 0.2) is 0 Å². The molecule has 2 fully saturated rings. The van der Waals surface area contributed by atoms with Crippen LogP contribution in [-0.4, -0.2) is 35.2 Å². The summed E-state index contributed by atoms with van der Waals surface area (Å²) < 4.78 is 7.94. The van der Waals surface area contributed by atoms with Gasteiger partial charge < -0.3 is 9.84 Å². The van der Waals surface area contributed by atoms with E-state index in [0.717, 1.165) is 57.0 Å². The standard InChI is InChI=1S/C27H36INO3/c1-27(2,3)19-8-10-20(11-9-19)32-25-16-24(28)22-7-5-4-6-21(22)23(25)17-29-14-12-18(13-15-29)26(30)31/h4-7,16,18-20H,8-15,17H2,1-3H3,(H,30,31)/t19-,20-. The number of halogens is 1. The van der Waals surface area contributed by atoms with Crippen molar-refractivity contribution in [3.63, 3.8) is 0 Å². The Morgan fingerprint density at radius 3 is 2.28 bits per heavy atom. The van der Waals surface area contributed by atoms with Crippen LogP contribution in [0.4, 0.5) is 0 Å². The largest absolute Gasteiger partial charge is 0.490 e. The summed E-state index contributed by atoms with van der Waals surface area (Å²) >= 11 is 2.43. The summed E-state index contributed by atoms with van der Waals surface area (Å²) in [6, 6.07) is 10.8. The van der Waals surface area contributed by atoms with Crippen LogP contribution in [0.25, 0.3) is 10.8 Å². The lowest BCUT2D eigenvalue weighted by atomic mass is 9.72. The molecule has 5 heteroatoms. The molecule has 2 aromatic carbocycles. The van der Waals surface area contributed by atoms with E-state index >= 15 is 0 Å². The maximum absolute atomic E-state index is 11.4. The number of hydrogen-bond acceptors (Lipinski definition) is 3. The molecule has 0 unspecified atom stereocenters. The number of aliphatic carboxylic acids is 1. The van der Waals surface area contributed by atoms with Gasteiger partial charge in [-0.3, -0.25) is 9.69 Å². The Bertz CT molecular complexity index is 951. The summed E-state index contributed by atoms with van der Waals surface area (Å²) in [5, 5.41) is 11.9. The minimum absolute atomic E-state index is 0.201. The fraction of sp³-hybridized carbons (Fsp3) is 0.593. The Balaban J connectivity index is 1.55. The third kappa shape index (κ3) is 5.41. The van der Waals surface area contributed by atoms with Crippen LogP contribution in [0.15, 0.2) is 30.3 Å². The molecule has 0 bridgehead atoms. The first-order valence-electron chi connectivity index (χ1n) is 12.0. The number of carboxylic acid groups (broad SMARTS) is 1. The van der Waals surface area contributed by atoms with Gasteiger partial charge in [0.05, 0.1) is 12.0 Å². The van der Waals surface area contributed by atoms with Crippen LogP contribution in [0.5, 0.6) is 5.75 Å². The highest BCUT2D eigenvalue weighted by atomic mass is 127. The number of fused-ring (bicyclic) bond motifs is 1. The predicted molar refractivity (Wildman–Crippen MR) is 138 cm³/mol. The van der Waals surface area contributed by atoms with E-state index in [1.54, 1.807) is 0 Å². The van der Waals surface area contributed by atoms with Gasteiger partial charge in [-0.05, 0) is 102 Å². The minimum Gasteiger partial charge on any atom is -0.490 e. The molecule has 4 rings (SSSR count). The van der Waals surface area contributed by atoms with Crippen molar-refractivity contribution in [1.29, 1.82) is 0 Å². The number of piperidine rings is 1. The zero-order valence-electron chi connectivity index (χ0n) is 19.6. The van der Waals surface area contributed by atoms with Crippen molar-refractivity contribution in [3.8, 4) is 5.75 Å². The van der Waals surface area contributed by atoms with Crippen molar-refractivity contribution in [1.82, 2.24) is 4.90 Å². The third-order valence-electron chi connectivity index (χ3n) is 7.58. The average molecular weight is 549 g/mol. The maximum Gasteiger partial charge on any atom is 0.306 e. The summed E-state index contributed by atoms with van der Waals surface area (Å²) in [5.74, 6) is 0.939. The van der Waals surface area contributed by atoms with Crippen molar-refractivity contribution in [2.24, 2.45) is 17.3 Å². The van der Waals surface area contributed by atoms with Gasteiger partial charge in [-0.2, -0.15) is 0 Å². The molecule has 0 radical (unpaired) electrons. The second kappa shape index (κ2) is 9.88. The van der Waals surface area contributed by atoms with Gasteiger partial charge in [-0.1, -0.05) is 45.0 Å². The molecule has 1 saturated heterocycles. The van der Waals surface area contributed by atoms with E-state index in [9.17, 15) is 9.90 Å². The van der Waals surface area contributed by atoms with Gasteiger partial charge >= 0.3 is 5.97 Å². The summed E-state index contributed by atoms with van der Waals surface area (Å²) in [5.41, 5.74) is 1.63. The Morgan fingerprint density at radius 1 is 1.06 bits per heavy atom. The first-order valence-corrected chi connectivity index (χ1v) is 13.1. The topological polar surface area (TPSA) is 49.8 Å². The van der Waals surface area contributed by atoms with E-state index in [2.05, 4.69) is 78.6 Å². The molecule has 1 aliphatic heterocycles. The molecule has 174 valence electrons. The van der Waals surface area contributed by atoms with E-state index in [0.29, 0.717) is 5.41 Å². The maximum atomic E-state index is 11.4. The molecule has 32 heavy (non-hydrogen) atoms. The smallest absolute Gasteiger partial charge is 0.306 e. The number of nitrogens with zero attached hydrogens (tertiary/aromatic N) is 1. The van der Waals surface area contributed by atoms with E-state index in [4.69, 9.17) is 4.74 Å².